The van der Waals surface area contributed by atoms with Crippen LogP contribution in [-0.2, 0) is 4.74 Å². The zero-order chi connectivity index (χ0) is 35.1. The van der Waals surface area contributed by atoms with Crippen LogP contribution in [0.1, 0.15) is 63.4 Å². The van der Waals surface area contributed by atoms with E-state index in [9.17, 15) is 9.50 Å². The zero-order valence-corrected chi connectivity index (χ0v) is 29.9. The van der Waals surface area contributed by atoms with Gasteiger partial charge >= 0.3 is 6.01 Å². The topological polar surface area (TPSA) is 122 Å². The molecule has 2 aliphatic carbocycles. The van der Waals surface area contributed by atoms with Gasteiger partial charge in [-0.05, 0) is 76.5 Å². The van der Waals surface area contributed by atoms with Crippen LogP contribution in [-0.4, -0.2) is 106 Å². The van der Waals surface area contributed by atoms with Crippen LogP contribution in [0.4, 0.5) is 14.6 Å². The molecule has 6 heterocycles. The molecule has 3 saturated heterocycles. The first kappa shape index (κ1) is 33.4. The Kier molecular flexibility index (Phi) is 8.10. The predicted molar refractivity (Wildman–Crippen MR) is 189 cm³/mol. The van der Waals surface area contributed by atoms with E-state index in [4.69, 9.17) is 35.8 Å². The van der Waals surface area contributed by atoms with E-state index in [0.29, 0.717) is 65.0 Å². The van der Waals surface area contributed by atoms with E-state index in [1.807, 2.05) is 13.0 Å². The Balaban J connectivity index is 1.13. The van der Waals surface area contributed by atoms with Crippen molar-refractivity contribution in [1.29, 1.82) is 0 Å². The molecule has 4 aromatic rings. The summed E-state index contributed by atoms with van der Waals surface area (Å²) in [5, 5.41) is 19.3. The second kappa shape index (κ2) is 12.3. The maximum atomic E-state index is 17.2. The number of alkyl halides is 1. The number of anilines is 1. The third kappa shape index (κ3) is 5.36. The first-order valence-electron chi connectivity index (χ1n) is 18.2. The third-order valence-electron chi connectivity index (χ3n) is 12.6. The number of aromatic nitrogens is 5. The summed E-state index contributed by atoms with van der Waals surface area (Å²) in [7, 11) is 1.45. The number of nitrogens with zero attached hydrogens (tertiary/aromatic N) is 6. The van der Waals surface area contributed by atoms with Crippen molar-refractivity contribution in [3.63, 3.8) is 0 Å². The van der Waals surface area contributed by atoms with Crippen molar-refractivity contribution in [2.45, 2.75) is 82.4 Å². The number of β-amino-alcohol motifs (C(OH)–C–C–N with tert-alkyl or cyclic N) is 1. The number of piperidine rings is 2. The molecule has 9 rings (SSSR count). The van der Waals surface area contributed by atoms with E-state index < -0.39 is 18.1 Å². The monoisotopic (exact) mass is 723 g/mol. The number of ether oxygens (including phenoxy) is 3. The Morgan fingerprint density at radius 2 is 1.92 bits per heavy atom. The van der Waals surface area contributed by atoms with Gasteiger partial charge in [0.15, 0.2) is 5.82 Å². The van der Waals surface area contributed by atoms with Gasteiger partial charge < -0.3 is 24.2 Å². The summed E-state index contributed by atoms with van der Waals surface area (Å²) in [4.78, 5) is 18.8. The van der Waals surface area contributed by atoms with Crippen LogP contribution < -0.4 is 14.4 Å². The highest BCUT2D eigenvalue weighted by Gasteiger charge is 2.57. The summed E-state index contributed by atoms with van der Waals surface area (Å²) in [5.74, 6) is -0.348. The summed E-state index contributed by atoms with van der Waals surface area (Å²) in [6, 6.07) is 2.87. The number of aliphatic hydroxyl groups is 1. The van der Waals surface area contributed by atoms with Crippen LogP contribution in [0.25, 0.3) is 33.1 Å². The zero-order valence-electron chi connectivity index (χ0n) is 29.1. The van der Waals surface area contributed by atoms with Gasteiger partial charge in [0.2, 0.25) is 5.88 Å². The maximum absolute atomic E-state index is 17.2. The van der Waals surface area contributed by atoms with Crippen molar-refractivity contribution >= 4 is 39.2 Å². The van der Waals surface area contributed by atoms with Crippen LogP contribution in [0.3, 0.4) is 0 Å². The minimum Gasteiger partial charge on any atom is -0.480 e. The molecule has 0 bridgehead atoms. The Morgan fingerprint density at radius 3 is 2.69 bits per heavy atom. The molecule has 2 saturated carbocycles. The molecular formula is C37H44ClF2N7O4. The van der Waals surface area contributed by atoms with Gasteiger partial charge in [0.05, 0.1) is 50.2 Å². The lowest BCUT2D eigenvalue weighted by molar-refractivity contribution is -0.196. The Hall–Kier alpha value is -3.39. The molecule has 3 atom stereocenters. The second-order valence-corrected chi connectivity index (χ2v) is 16.3. The fraction of sp³-hybridized carbons (Fsp3) is 0.622. The molecule has 0 radical (unpaired) electrons. The van der Waals surface area contributed by atoms with Crippen molar-refractivity contribution in [3.05, 3.63) is 28.7 Å². The van der Waals surface area contributed by atoms with Crippen molar-refractivity contribution in [2.75, 3.05) is 58.1 Å². The summed E-state index contributed by atoms with van der Waals surface area (Å²) < 4.78 is 49.3. The Labute approximate surface area is 300 Å². The van der Waals surface area contributed by atoms with E-state index in [1.165, 1.54) is 20.0 Å². The molecule has 3 aromatic heterocycles. The van der Waals surface area contributed by atoms with Gasteiger partial charge in [-0.25, -0.2) is 13.8 Å². The Bertz CT molecular complexity index is 2000. The van der Waals surface area contributed by atoms with E-state index in [0.717, 1.165) is 57.4 Å². The van der Waals surface area contributed by atoms with Crippen LogP contribution in [0.2, 0.25) is 5.02 Å². The minimum atomic E-state index is -1.56. The molecule has 272 valence electrons. The molecular weight excluding hydrogens is 680 g/mol. The maximum Gasteiger partial charge on any atom is 0.319 e. The SMILES string of the molecule is COc1nc(-c2c(Cl)c(C)cc3[nH]ncc23)c(F)c2nc(OCC34CCCC3N(C3CC5(COC5)C3)CCC4)nc(N3CCCC(O)(CF)C3)c12. The molecule has 5 fully saturated rings. The number of likely N-dealkylation sites (tertiary alicyclic amines) is 1. The number of fused-ring (bicyclic) bond motifs is 3. The highest BCUT2D eigenvalue weighted by Crippen LogP contribution is 2.55. The summed E-state index contributed by atoms with van der Waals surface area (Å²) in [6.07, 6.45) is 10.3. The smallest absolute Gasteiger partial charge is 0.319 e. The van der Waals surface area contributed by atoms with Gasteiger partial charge in [0, 0.05) is 40.4 Å². The number of hydrogen-bond donors (Lipinski definition) is 2. The lowest BCUT2D eigenvalue weighted by Gasteiger charge is -2.60. The van der Waals surface area contributed by atoms with E-state index in [2.05, 4.69) is 20.1 Å². The second-order valence-electron chi connectivity index (χ2n) is 15.9. The molecule has 0 amide bonds. The highest BCUT2D eigenvalue weighted by molar-refractivity contribution is 6.35. The van der Waals surface area contributed by atoms with Gasteiger partial charge in [-0.15, -0.1) is 0 Å². The standard InChI is InChI=1S/C37H44ClF2N7O4/c1-21-12-24-23(15-41-45-24)26(28(21)38)30-29(40)31-27(33(42-30)49-2)32(46-10-5-9-37(48,16-39)17-46)44-34(43-31)51-20-36-7-3-6-25(36)47(11-4-8-36)22-13-35(14-22)18-50-19-35/h12,15,22,25,48H,3-11,13-14,16-20H2,1-2H3,(H,41,45). The van der Waals surface area contributed by atoms with Gasteiger partial charge in [-0.2, -0.15) is 15.1 Å². The molecule has 1 spiro atoms. The number of benzene rings is 1. The van der Waals surface area contributed by atoms with Crippen molar-refractivity contribution in [1.82, 2.24) is 30.0 Å². The first-order chi connectivity index (χ1) is 24.7. The average molecular weight is 724 g/mol. The van der Waals surface area contributed by atoms with Gasteiger partial charge in [0.25, 0.3) is 0 Å². The number of aromatic amines is 1. The van der Waals surface area contributed by atoms with Crippen LogP contribution >= 0.6 is 11.6 Å². The van der Waals surface area contributed by atoms with E-state index >= 15 is 4.39 Å². The fourth-order valence-electron chi connectivity index (χ4n) is 9.93. The first-order valence-corrected chi connectivity index (χ1v) is 18.6. The summed E-state index contributed by atoms with van der Waals surface area (Å²) in [5.41, 5.74) is 0.454. The quantitative estimate of drug-likeness (QED) is 0.218. The fourth-order valence-corrected chi connectivity index (χ4v) is 10.2. The summed E-state index contributed by atoms with van der Waals surface area (Å²) >= 11 is 6.85. The number of halogens is 3. The minimum absolute atomic E-state index is 0.0279. The van der Waals surface area contributed by atoms with Crippen molar-refractivity contribution in [2.24, 2.45) is 10.8 Å². The summed E-state index contributed by atoms with van der Waals surface area (Å²) in [6.45, 7) is 4.65. The lowest BCUT2D eigenvalue weighted by Crippen LogP contribution is -2.64. The number of aryl methyl sites for hydroxylation is 1. The lowest BCUT2D eigenvalue weighted by atomic mass is 9.62. The molecule has 11 nitrogen and oxygen atoms in total. The largest absolute Gasteiger partial charge is 0.480 e. The van der Waals surface area contributed by atoms with E-state index in [1.54, 1.807) is 11.1 Å². The van der Waals surface area contributed by atoms with E-state index in [-0.39, 0.29) is 46.3 Å². The molecule has 1 aromatic carbocycles. The number of pyridine rings is 1. The molecule has 51 heavy (non-hydrogen) atoms. The predicted octanol–water partition coefficient (Wildman–Crippen LogP) is 6.17. The molecule has 3 unspecified atom stereocenters. The number of hydrogen-bond acceptors (Lipinski definition) is 10. The highest BCUT2D eigenvalue weighted by atomic mass is 35.5. The van der Waals surface area contributed by atoms with Crippen LogP contribution in [0.15, 0.2) is 12.3 Å². The van der Waals surface area contributed by atoms with Gasteiger partial charge in [-0.3, -0.25) is 10.00 Å². The number of nitrogens with one attached hydrogen (secondary N) is 1. The number of rotatable bonds is 8. The molecule has 14 heteroatoms. The number of H-pyrrole nitrogens is 1. The normalized spacial score (nSPS) is 27.9. The number of methoxy groups -OCH3 is 1. The molecule has 2 N–H and O–H groups in total. The Morgan fingerprint density at radius 1 is 1.12 bits per heavy atom. The van der Waals surface area contributed by atoms with Crippen molar-refractivity contribution < 1.29 is 28.1 Å². The van der Waals surface area contributed by atoms with Gasteiger partial charge in [-0.1, -0.05) is 18.0 Å². The molecule has 3 aliphatic heterocycles. The van der Waals surface area contributed by atoms with Crippen LogP contribution in [0.5, 0.6) is 11.9 Å². The third-order valence-corrected chi connectivity index (χ3v) is 13.1. The van der Waals surface area contributed by atoms with Crippen LogP contribution in [0, 0.1) is 23.6 Å². The van der Waals surface area contributed by atoms with Crippen molar-refractivity contribution in [3.8, 4) is 23.1 Å². The average Bonchev–Trinajstić information content (AvgIpc) is 3.75. The molecule has 5 aliphatic rings. The van der Waals surface area contributed by atoms with Gasteiger partial charge in [0.1, 0.15) is 34.7 Å².